The minimum absolute atomic E-state index is 0.0567. The van der Waals surface area contributed by atoms with E-state index in [0.717, 1.165) is 18.5 Å². The molecule has 0 bridgehead atoms. The third kappa shape index (κ3) is 5.49. The minimum atomic E-state index is -0.341. The molecule has 0 saturated carbocycles. The van der Waals surface area contributed by atoms with Crippen molar-refractivity contribution < 1.29 is 19.1 Å². The number of methoxy groups -OCH3 is 2. The molecule has 0 aliphatic carbocycles. The fourth-order valence-electron chi connectivity index (χ4n) is 2.79. The summed E-state index contributed by atoms with van der Waals surface area (Å²) < 4.78 is 10.5. The van der Waals surface area contributed by atoms with Crippen molar-refractivity contribution >= 4 is 17.9 Å². The van der Waals surface area contributed by atoms with Crippen molar-refractivity contribution in [3.05, 3.63) is 29.8 Å². The third-order valence-electron chi connectivity index (χ3n) is 4.13. The van der Waals surface area contributed by atoms with E-state index in [1.807, 2.05) is 17.0 Å². The van der Waals surface area contributed by atoms with Crippen molar-refractivity contribution in [3.8, 4) is 11.5 Å². The van der Waals surface area contributed by atoms with E-state index in [-0.39, 0.29) is 18.4 Å². The number of nitrogens with zero attached hydrogens (tertiary/aromatic N) is 2. The zero-order valence-corrected chi connectivity index (χ0v) is 14.7. The predicted octanol–water partition coefficient (Wildman–Crippen LogP) is 0.737. The van der Waals surface area contributed by atoms with Crippen LogP contribution in [0.25, 0.3) is 6.08 Å². The lowest BCUT2D eigenvalue weighted by Gasteiger charge is -2.20. The van der Waals surface area contributed by atoms with E-state index in [1.54, 1.807) is 37.3 Å². The van der Waals surface area contributed by atoms with Crippen molar-refractivity contribution in [1.82, 2.24) is 9.80 Å². The third-order valence-corrected chi connectivity index (χ3v) is 4.13. The largest absolute Gasteiger partial charge is 0.497 e. The van der Waals surface area contributed by atoms with Crippen LogP contribution in [0.1, 0.15) is 12.0 Å². The van der Waals surface area contributed by atoms with E-state index in [0.29, 0.717) is 31.1 Å². The average molecular weight is 347 g/mol. The number of nitrogens with two attached hydrogens (primary N) is 1. The summed E-state index contributed by atoms with van der Waals surface area (Å²) in [6.45, 7) is 2.90. The highest BCUT2D eigenvalue weighted by atomic mass is 16.5. The maximum Gasteiger partial charge on any atom is 0.246 e. The summed E-state index contributed by atoms with van der Waals surface area (Å²) in [5, 5.41) is 0. The Morgan fingerprint density at radius 1 is 1.16 bits per heavy atom. The van der Waals surface area contributed by atoms with Gasteiger partial charge in [0.1, 0.15) is 11.5 Å². The maximum atomic E-state index is 12.4. The molecule has 2 amide bonds. The van der Waals surface area contributed by atoms with Crippen LogP contribution in [0.2, 0.25) is 0 Å². The first kappa shape index (κ1) is 18.8. The Labute approximate surface area is 148 Å². The predicted molar refractivity (Wildman–Crippen MR) is 95.4 cm³/mol. The number of benzene rings is 1. The molecule has 1 saturated heterocycles. The molecule has 0 unspecified atom stereocenters. The molecule has 136 valence electrons. The van der Waals surface area contributed by atoms with Crippen molar-refractivity contribution in [2.75, 3.05) is 46.9 Å². The molecule has 0 atom stereocenters. The van der Waals surface area contributed by atoms with E-state index in [4.69, 9.17) is 15.2 Å². The Hall–Kier alpha value is -2.54. The van der Waals surface area contributed by atoms with Gasteiger partial charge >= 0.3 is 0 Å². The van der Waals surface area contributed by atoms with Crippen LogP contribution in [0.3, 0.4) is 0 Å². The van der Waals surface area contributed by atoms with Gasteiger partial charge in [-0.15, -0.1) is 0 Å². The van der Waals surface area contributed by atoms with Gasteiger partial charge in [0.15, 0.2) is 0 Å². The second-order valence-electron chi connectivity index (χ2n) is 5.86. The van der Waals surface area contributed by atoms with Crippen LogP contribution in [0.5, 0.6) is 11.5 Å². The van der Waals surface area contributed by atoms with Gasteiger partial charge < -0.3 is 20.1 Å². The number of ether oxygens (including phenoxy) is 2. The Kier molecular flexibility index (Phi) is 6.82. The quantitative estimate of drug-likeness (QED) is 0.767. The van der Waals surface area contributed by atoms with Gasteiger partial charge in [-0.25, -0.2) is 0 Å². The van der Waals surface area contributed by atoms with Gasteiger partial charge in [-0.2, -0.15) is 0 Å². The molecule has 1 aromatic rings. The van der Waals surface area contributed by atoms with Gasteiger partial charge in [0, 0.05) is 43.9 Å². The van der Waals surface area contributed by atoms with Crippen molar-refractivity contribution in [3.63, 3.8) is 0 Å². The van der Waals surface area contributed by atoms with E-state index in [9.17, 15) is 9.59 Å². The Bertz CT molecular complexity index is 645. The number of hydrogen-bond acceptors (Lipinski definition) is 5. The summed E-state index contributed by atoms with van der Waals surface area (Å²) in [4.78, 5) is 27.2. The first-order valence-corrected chi connectivity index (χ1v) is 8.23. The number of rotatable bonds is 6. The van der Waals surface area contributed by atoms with Crippen LogP contribution in [0.4, 0.5) is 0 Å². The normalized spacial score (nSPS) is 15.8. The lowest BCUT2D eigenvalue weighted by molar-refractivity contribution is -0.125. The maximum absolute atomic E-state index is 12.4. The molecule has 7 nitrogen and oxygen atoms in total. The second kappa shape index (κ2) is 9.08. The number of carbonyl (C=O) groups excluding carboxylic acids is 2. The van der Waals surface area contributed by atoms with E-state index < -0.39 is 0 Å². The van der Waals surface area contributed by atoms with Crippen LogP contribution in [0, 0.1) is 0 Å². The minimum Gasteiger partial charge on any atom is -0.497 e. The molecule has 0 spiro atoms. The Balaban J connectivity index is 1.99. The fourth-order valence-corrected chi connectivity index (χ4v) is 2.79. The fraction of sp³-hybridized carbons (Fsp3) is 0.444. The van der Waals surface area contributed by atoms with Gasteiger partial charge in [-0.3, -0.25) is 14.5 Å². The molecule has 7 heteroatoms. The lowest BCUT2D eigenvalue weighted by Crippen LogP contribution is -2.37. The van der Waals surface area contributed by atoms with Crippen molar-refractivity contribution in [1.29, 1.82) is 0 Å². The van der Waals surface area contributed by atoms with Crippen molar-refractivity contribution in [2.24, 2.45) is 5.73 Å². The average Bonchev–Trinajstić information content (AvgIpc) is 2.84. The highest BCUT2D eigenvalue weighted by Gasteiger charge is 2.18. The van der Waals surface area contributed by atoms with Crippen molar-refractivity contribution in [2.45, 2.75) is 6.42 Å². The number of amides is 2. The molecule has 0 radical (unpaired) electrons. The van der Waals surface area contributed by atoms with Gasteiger partial charge in [0.25, 0.3) is 0 Å². The molecule has 1 aromatic carbocycles. The summed E-state index contributed by atoms with van der Waals surface area (Å²) in [6.07, 6.45) is 4.11. The molecular weight excluding hydrogens is 322 g/mol. The summed E-state index contributed by atoms with van der Waals surface area (Å²) in [5.41, 5.74) is 6.04. The van der Waals surface area contributed by atoms with E-state index in [2.05, 4.69) is 0 Å². The standard InChI is InChI=1S/C18H25N3O4/c1-24-15-6-4-14(16(12-15)25-2)5-7-18(23)21-9-3-8-20(10-11-21)13-17(19)22/h4-7,12H,3,8-11,13H2,1-2H3,(H2,19,22). The zero-order valence-electron chi connectivity index (χ0n) is 14.7. The summed E-state index contributed by atoms with van der Waals surface area (Å²) in [5.74, 6) is 0.944. The van der Waals surface area contributed by atoms with E-state index in [1.165, 1.54) is 0 Å². The molecule has 25 heavy (non-hydrogen) atoms. The van der Waals surface area contributed by atoms with Gasteiger partial charge in [-0.05, 0) is 24.6 Å². The number of primary amides is 1. The van der Waals surface area contributed by atoms with Gasteiger partial charge in [0.05, 0.1) is 20.8 Å². The number of hydrogen-bond donors (Lipinski definition) is 1. The van der Waals surface area contributed by atoms with Gasteiger partial charge in [-0.1, -0.05) is 0 Å². The molecular formula is C18H25N3O4. The van der Waals surface area contributed by atoms with Crippen LogP contribution in [-0.2, 0) is 9.59 Å². The van der Waals surface area contributed by atoms with E-state index >= 15 is 0 Å². The monoisotopic (exact) mass is 347 g/mol. The molecule has 2 N–H and O–H groups in total. The van der Waals surface area contributed by atoms with Crippen LogP contribution in [-0.4, -0.2) is 68.6 Å². The topological polar surface area (TPSA) is 85.1 Å². The van der Waals surface area contributed by atoms with Gasteiger partial charge in [0.2, 0.25) is 11.8 Å². The zero-order chi connectivity index (χ0) is 18.2. The van der Waals surface area contributed by atoms with Crippen LogP contribution < -0.4 is 15.2 Å². The molecule has 2 rings (SSSR count). The van der Waals surface area contributed by atoms with Crippen LogP contribution >= 0.6 is 0 Å². The number of carbonyl (C=O) groups is 2. The highest BCUT2D eigenvalue weighted by molar-refractivity contribution is 5.92. The highest BCUT2D eigenvalue weighted by Crippen LogP contribution is 2.25. The summed E-state index contributed by atoms with van der Waals surface area (Å²) in [7, 11) is 3.17. The molecule has 0 aromatic heterocycles. The van der Waals surface area contributed by atoms with Crippen LogP contribution in [0.15, 0.2) is 24.3 Å². The second-order valence-corrected chi connectivity index (χ2v) is 5.86. The lowest BCUT2D eigenvalue weighted by atomic mass is 10.1. The first-order valence-electron chi connectivity index (χ1n) is 8.23. The molecule has 1 aliphatic heterocycles. The summed E-state index contributed by atoms with van der Waals surface area (Å²) >= 11 is 0. The first-order chi connectivity index (χ1) is 12.0. The summed E-state index contributed by atoms with van der Waals surface area (Å²) in [6, 6.07) is 5.44. The molecule has 1 aliphatic rings. The molecule has 1 heterocycles. The Morgan fingerprint density at radius 2 is 1.96 bits per heavy atom. The SMILES string of the molecule is COc1ccc(C=CC(=O)N2CCCN(CC(N)=O)CC2)c(OC)c1. The molecule has 1 fully saturated rings. The smallest absolute Gasteiger partial charge is 0.246 e. The Morgan fingerprint density at radius 3 is 2.64 bits per heavy atom.